The standard InChI is InChI=1S/C40H62N4O11/c1-28(2)14-11-17-41-25-52-33-22-40(38(47)51-24-32(9)37(46)49-10,55-39(48)44-20-21-50-27-54-31(7)8)23-34(53-26-42-18-12-15-29(3)4)35(33)36(45)43-19-13-16-30(5)6/h25-26,33-35H,1,3,5,7,9,11-24,27H2,2,4,6,8,10H3,(H,43,45)(H,44,48). The van der Waals surface area contributed by atoms with Crippen LogP contribution in [0.25, 0.3) is 0 Å². The molecule has 1 saturated carbocycles. The number of nitrogens with zero attached hydrogens (tertiary/aromatic N) is 2. The Morgan fingerprint density at radius 2 is 1.31 bits per heavy atom. The van der Waals surface area contributed by atoms with Crippen molar-refractivity contribution in [1.29, 1.82) is 0 Å². The molecule has 1 rings (SSSR count). The van der Waals surface area contributed by atoms with E-state index in [1.54, 1.807) is 6.92 Å². The van der Waals surface area contributed by atoms with Crippen LogP contribution in [0.1, 0.15) is 79.1 Å². The summed E-state index contributed by atoms with van der Waals surface area (Å²) in [6.07, 6.45) is 2.84. The summed E-state index contributed by atoms with van der Waals surface area (Å²) in [5, 5.41) is 5.49. The molecule has 0 bridgehead atoms. The van der Waals surface area contributed by atoms with Crippen molar-refractivity contribution in [3.8, 4) is 0 Å². The highest BCUT2D eigenvalue weighted by atomic mass is 16.7. The second kappa shape index (κ2) is 26.8. The van der Waals surface area contributed by atoms with Crippen molar-refractivity contribution in [3.63, 3.8) is 0 Å². The van der Waals surface area contributed by atoms with Gasteiger partial charge in [-0.3, -0.25) is 14.8 Å². The molecule has 0 saturated heterocycles. The lowest BCUT2D eigenvalue weighted by molar-refractivity contribution is -0.183. The van der Waals surface area contributed by atoms with Gasteiger partial charge >= 0.3 is 18.0 Å². The molecule has 0 heterocycles. The second-order valence-electron chi connectivity index (χ2n) is 13.6. The van der Waals surface area contributed by atoms with Crippen LogP contribution < -0.4 is 10.6 Å². The van der Waals surface area contributed by atoms with E-state index in [0.29, 0.717) is 51.1 Å². The van der Waals surface area contributed by atoms with Gasteiger partial charge in [-0.15, -0.1) is 19.7 Å². The van der Waals surface area contributed by atoms with E-state index >= 15 is 0 Å². The minimum atomic E-state index is -2.09. The topological polar surface area (TPSA) is 182 Å². The number of carbonyl (C=O) groups is 4. The fraction of sp³-hybridized carbons (Fsp3) is 0.600. The number of ether oxygens (including phenoxy) is 7. The van der Waals surface area contributed by atoms with E-state index in [0.717, 1.165) is 36.7 Å². The van der Waals surface area contributed by atoms with Crippen LogP contribution in [0.5, 0.6) is 0 Å². The fourth-order valence-electron chi connectivity index (χ4n) is 5.26. The van der Waals surface area contributed by atoms with Gasteiger partial charge < -0.3 is 43.8 Å². The van der Waals surface area contributed by atoms with E-state index in [-0.39, 0.29) is 38.4 Å². The van der Waals surface area contributed by atoms with Crippen LogP contribution in [-0.2, 0) is 47.5 Å². The molecule has 2 N–H and O–H groups in total. The lowest BCUT2D eigenvalue weighted by atomic mass is 9.74. The Kier molecular flexibility index (Phi) is 23.4. The summed E-state index contributed by atoms with van der Waals surface area (Å²) in [5.41, 5.74) is 0.747. The Labute approximate surface area is 326 Å². The number of rotatable bonds is 28. The Morgan fingerprint density at radius 3 is 1.82 bits per heavy atom. The molecule has 1 aliphatic carbocycles. The molecule has 15 heteroatoms. The van der Waals surface area contributed by atoms with Gasteiger partial charge in [0, 0.05) is 39.0 Å². The highest BCUT2D eigenvalue weighted by Gasteiger charge is 2.58. The van der Waals surface area contributed by atoms with Crippen LogP contribution >= 0.6 is 0 Å². The number of amides is 2. The molecule has 15 nitrogen and oxygen atoms in total. The largest absolute Gasteiger partial charge is 0.479 e. The van der Waals surface area contributed by atoms with Crippen LogP contribution in [0.15, 0.2) is 70.9 Å². The normalized spacial score (nSPS) is 19.2. The number of methoxy groups -OCH3 is 1. The minimum Gasteiger partial charge on any atom is -0.479 e. The maximum Gasteiger partial charge on any atom is 0.408 e. The van der Waals surface area contributed by atoms with Gasteiger partial charge in [-0.2, -0.15) is 0 Å². The third-order valence-corrected chi connectivity index (χ3v) is 8.06. The summed E-state index contributed by atoms with van der Waals surface area (Å²) in [7, 11) is 1.16. The lowest BCUT2D eigenvalue weighted by Crippen LogP contribution is -2.61. The first kappa shape index (κ1) is 48.1. The molecule has 0 aliphatic heterocycles. The summed E-state index contributed by atoms with van der Waals surface area (Å²) >= 11 is 0. The van der Waals surface area contributed by atoms with Crippen LogP contribution in [0, 0.1) is 5.92 Å². The number of hydrogen-bond acceptors (Lipinski definition) is 13. The molecule has 2 atom stereocenters. The van der Waals surface area contributed by atoms with E-state index in [2.05, 4.69) is 58.2 Å². The van der Waals surface area contributed by atoms with Gasteiger partial charge in [-0.25, -0.2) is 14.4 Å². The summed E-state index contributed by atoms with van der Waals surface area (Å²) in [4.78, 5) is 62.1. The van der Waals surface area contributed by atoms with Gasteiger partial charge in [0.2, 0.25) is 11.5 Å². The Balaban J connectivity index is 3.57. The molecule has 2 amide bonds. The van der Waals surface area contributed by atoms with E-state index in [9.17, 15) is 19.2 Å². The molecule has 1 aliphatic rings. The van der Waals surface area contributed by atoms with Crippen molar-refractivity contribution >= 4 is 36.7 Å². The van der Waals surface area contributed by atoms with Gasteiger partial charge in [0.1, 0.15) is 24.7 Å². The fourth-order valence-corrected chi connectivity index (χ4v) is 5.26. The van der Waals surface area contributed by atoms with Gasteiger partial charge in [0.15, 0.2) is 19.6 Å². The molecule has 2 unspecified atom stereocenters. The van der Waals surface area contributed by atoms with E-state index in [4.69, 9.17) is 28.4 Å². The average molecular weight is 775 g/mol. The maximum absolute atomic E-state index is 14.1. The van der Waals surface area contributed by atoms with Crippen molar-refractivity contribution in [1.82, 2.24) is 10.6 Å². The second-order valence-corrected chi connectivity index (χ2v) is 13.6. The molecule has 0 aromatic carbocycles. The molecule has 0 aromatic heterocycles. The van der Waals surface area contributed by atoms with E-state index < -0.39 is 54.3 Å². The predicted molar refractivity (Wildman–Crippen MR) is 210 cm³/mol. The first-order chi connectivity index (χ1) is 26.1. The number of esters is 2. The molecule has 0 aromatic rings. The van der Waals surface area contributed by atoms with E-state index in [1.165, 1.54) is 12.8 Å². The van der Waals surface area contributed by atoms with Crippen molar-refractivity contribution in [3.05, 3.63) is 60.9 Å². The zero-order chi connectivity index (χ0) is 41.2. The Bertz CT molecular complexity index is 1350. The molecule has 1 fully saturated rings. The van der Waals surface area contributed by atoms with E-state index in [1.807, 2.05) is 20.8 Å². The number of alkyl carbamates (subject to hydrolysis) is 1. The molecule has 55 heavy (non-hydrogen) atoms. The van der Waals surface area contributed by atoms with Crippen molar-refractivity contribution in [2.24, 2.45) is 15.9 Å². The zero-order valence-corrected chi connectivity index (χ0v) is 33.4. The first-order valence-corrected chi connectivity index (χ1v) is 18.4. The SMILES string of the molecule is C=C(C)CCCN=COC1CC(OC(=O)NCCOCOC(=C)C)(C(=O)OCC(=C)C(=O)OC)CC(OC=NCCCC(=C)C)C1C(=O)NCCCC(=C)C. The number of hydrogen-bond donors (Lipinski definition) is 2. The minimum absolute atomic E-state index is 0.00852. The van der Waals surface area contributed by atoms with Gasteiger partial charge in [-0.05, 0) is 66.2 Å². The van der Waals surface area contributed by atoms with Gasteiger partial charge in [-0.1, -0.05) is 29.9 Å². The smallest absolute Gasteiger partial charge is 0.408 e. The predicted octanol–water partition coefficient (Wildman–Crippen LogP) is 5.67. The summed E-state index contributed by atoms with van der Waals surface area (Å²) < 4.78 is 38.8. The summed E-state index contributed by atoms with van der Waals surface area (Å²) in [6.45, 7) is 27.0. The molecular weight excluding hydrogens is 712 g/mol. The summed E-state index contributed by atoms with van der Waals surface area (Å²) in [6, 6.07) is 0. The third-order valence-electron chi connectivity index (χ3n) is 8.06. The molecular formula is C40H62N4O11. The lowest BCUT2D eigenvalue weighted by Gasteiger charge is -2.44. The summed E-state index contributed by atoms with van der Waals surface area (Å²) in [5.74, 6) is -2.80. The maximum atomic E-state index is 14.1. The number of nitrogens with one attached hydrogen (secondary N) is 2. The number of aliphatic imine (C=N–C) groups is 2. The van der Waals surface area contributed by atoms with Crippen LogP contribution in [0.3, 0.4) is 0 Å². The highest BCUT2D eigenvalue weighted by molar-refractivity contribution is 5.89. The molecule has 308 valence electrons. The first-order valence-electron chi connectivity index (χ1n) is 18.4. The van der Waals surface area contributed by atoms with Crippen molar-refractivity contribution in [2.45, 2.75) is 96.9 Å². The van der Waals surface area contributed by atoms with Crippen LogP contribution in [-0.4, -0.2) is 108 Å². The van der Waals surface area contributed by atoms with Crippen LogP contribution in [0.2, 0.25) is 0 Å². The number of allylic oxidation sites excluding steroid dienone is 4. The Morgan fingerprint density at radius 1 is 0.764 bits per heavy atom. The monoisotopic (exact) mass is 774 g/mol. The average Bonchev–Trinajstić information content (AvgIpc) is 3.12. The molecule has 0 spiro atoms. The van der Waals surface area contributed by atoms with Gasteiger partial charge in [0.05, 0.1) is 25.0 Å². The van der Waals surface area contributed by atoms with Crippen molar-refractivity contribution < 1.29 is 52.3 Å². The van der Waals surface area contributed by atoms with Crippen LogP contribution in [0.4, 0.5) is 4.79 Å². The van der Waals surface area contributed by atoms with Gasteiger partial charge in [0.25, 0.3) is 0 Å². The number of carbonyl (C=O) groups excluding carboxylic acids is 4. The quantitative estimate of drug-likeness (QED) is 0.0115. The Hall–Kier alpha value is -4.92. The zero-order valence-electron chi connectivity index (χ0n) is 33.4. The highest BCUT2D eigenvalue weighted by Crippen LogP contribution is 2.40. The van der Waals surface area contributed by atoms with Crippen molar-refractivity contribution in [2.75, 3.05) is 53.3 Å². The molecule has 0 radical (unpaired) electrons. The third kappa shape index (κ3) is 20.4.